The third kappa shape index (κ3) is 4.39. The zero-order valence-corrected chi connectivity index (χ0v) is 16.6. The van der Waals surface area contributed by atoms with E-state index in [-0.39, 0.29) is 11.8 Å². The average molecular weight is 391 g/mol. The summed E-state index contributed by atoms with van der Waals surface area (Å²) in [6.07, 6.45) is 2.98. The Hall–Kier alpha value is -2.19. The summed E-state index contributed by atoms with van der Waals surface area (Å²) in [6, 6.07) is 10.4. The summed E-state index contributed by atoms with van der Waals surface area (Å²) < 4.78 is 28.7. The summed E-state index contributed by atoms with van der Waals surface area (Å²) in [5.74, 6) is -0.0942. The maximum absolute atomic E-state index is 12.7. The third-order valence-corrected chi connectivity index (χ3v) is 6.89. The lowest BCUT2D eigenvalue weighted by Gasteiger charge is -2.32. The molecule has 0 spiro atoms. The van der Waals surface area contributed by atoms with Gasteiger partial charge in [-0.3, -0.25) is 9.48 Å². The second-order valence-electron chi connectivity index (χ2n) is 6.85. The number of rotatable bonds is 6. The lowest BCUT2D eigenvalue weighted by atomic mass is 9.96. The zero-order valence-electron chi connectivity index (χ0n) is 15.8. The van der Waals surface area contributed by atoms with Crippen molar-refractivity contribution in [3.8, 4) is 0 Å². The van der Waals surface area contributed by atoms with Gasteiger partial charge in [-0.15, -0.1) is 0 Å². The lowest BCUT2D eigenvalue weighted by Crippen LogP contribution is -2.43. The van der Waals surface area contributed by atoms with Gasteiger partial charge in [0.05, 0.1) is 17.1 Å². The molecule has 0 N–H and O–H groups in total. The Labute approximate surface area is 160 Å². The predicted octanol–water partition coefficient (Wildman–Crippen LogP) is 1.96. The summed E-state index contributed by atoms with van der Waals surface area (Å²) in [6.45, 7) is 4.02. The number of carbonyl (C=O) groups is 1. The molecule has 8 heteroatoms. The Morgan fingerprint density at radius 2 is 1.85 bits per heavy atom. The quantitative estimate of drug-likeness (QED) is 0.756. The molecule has 0 bridgehead atoms. The van der Waals surface area contributed by atoms with Crippen molar-refractivity contribution in [2.24, 2.45) is 5.92 Å². The Bertz CT molecular complexity index is 871. The number of hydrogen-bond donors (Lipinski definition) is 0. The topological polar surface area (TPSA) is 75.5 Å². The van der Waals surface area contributed by atoms with Crippen molar-refractivity contribution in [3.63, 3.8) is 0 Å². The zero-order chi connectivity index (χ0) is 19.4. The molecule has 0 saturated carbocycles. The third-order valence-electron chi connectivity index (χ3n) is 4.98. The molecule has 1 aliphatic rings. The van der Waals surface area contributed by atoms with Crippen molar-refractivity contribution in [2.45, 2.75) is 37.8 Å². The van der Waals surface area contributed by atoms with Gasteiger partial charge in [-0.1, -0.05) is 18.2 Å². The molecule has 2 aromatic rings. The molecule has 146 valence electrons. The first kappa shape index (κ1) is 19.6. The molecule has 3 rings (SSSR count). The summed E-state index contributed by atoms with van der Waals surface area (Å²) in [4.78, 5) is 14.7. The fraction of sp³-hybridized carbons (Fsp3) is 0.474. The van der Waals surface area contributed by atoms with Crippen molar-refractivity contribution >= 4 is 15.9 Å². The molecule has 1 aromatic heterocycles. The summed E-state index contributed by atoms with van der Waals surface area (Å²) in [5, 5.41) is 4.41. The molecule has 0 aliphatic carbocycles. The molecule has 0 unspecified atom stereocenters. The summed E-state index contributed by atoms with van der Waals surface area (Å²) in [7, 11) is -1.71. The monoisotopic (exact) mass is 390 g/mol. The highest BCUT2D eigenvalue weighted by Gasteiger charge is 2.33. The van der Waals surface area contributed by atoms with Gasteiger partial charge in [0.25, 0.3) is 0 Å². The maximum Gasteiger partial charge on any atom is 0.243 e. The van der Waals surface area contributed by atoms with Crippen molar-refractivity contribution in [3.05, 3.63) is 48.3 Å². The van der Waals surface area contributed by atoms with Crippen molar-refractivity contribution in [2.75, 3.05) is 20.1 Å². The fourth-order valence-corrected chi connectivity index (χ4v) is 4.87. The minimum absolute atomic E-state index is 0.0535. The van der Waals surface area contributed by atoms with E-state index in [1.54, 1.807) is 42.3 Å². The van der Waals surface area contributed by atoms with Gasteiger partial charge < -0.3 is 4.90 Å². The molecule has 1 aromatic carbocycles. The molecule has 27 heavy (non-hydrogen) atoms. The van der Waals surface area contributed by atoms with Crippen LogP contribution < -0.4 is 0 Å². The van der Waals surface area contributed by atoms with Gasteiger partial charge in [0.1, 0.15) is 0 Å². The van der Waals surface area contributed by atoms with Gasteiger partial charge in [-0.05, 0) is 38.0 Å². The minimum atomic E-state index is -3.48. The van der Waals surface area contributed by atoms with Gasteiger partial charge >= 0.3 is 0 Å². The largest absolute Gasteiger partial charge is 0.340 e. The smallest absolute Gasteiger partial charge is 0.243 e. The molecule has 7 nitrogen and oxygen atoms in total. The second kappa shape index (κ2) is 8.22. The minimum Gasteiger partial charge on any atom is -0.340 e. The van der Waals surface area contributed by atoms with Crippen LogP contribution in [0.25, 0.3) is 0 Å². The van der Waals surface area contributed by atoms with Gasteiger partial charge in [-0.2, -0.15) is 9.40 Å². The van der Waals surface area contributed by atoms with Crippen LogP contribution in [0, 0.1) is 5.92 Å². The molecule has 1 fully saturated rings. The van der Waals surface area contributed by atoms with Crippen molar-refractivity contribution in [1.29, 1.82) is 0 Å². The normalized spacial score (nSPS) is 16.4. The van der Waals surface area contributed by atoms with E-state index in [2.05, 4.69) is 5.10 Å². The van der Waals surface area contributed by atoms with E-state index in [0.717, 1.165) is 12.2 Å². The lowest BCUT2D eigenvalue weighted by molar-refractivity contribution is -0.136. The van der Waals surface area contributed by atoms with Crippen molar-refractivity contribution < 1.29 is 13.2 Å². The van der Waals surface area contributed by atoms with Crippen molar-refractivity contribution in [1.82, 2.24) is 19.0 Å². The summed E-state index contributed by atoms with van der Waals surface area (Å²) >= 11 is 0. The maximum atomic E-state index is 12.7. The van der Waals surface area contributed by atoms with E-state index < -0.39 is 10.0 Å². The Balaban J connectivity index is 1.57. The number of sulfonamides is 1. The Kier molecular flexibility index (Phi) is 5.96. The highest BCUT2D eigenvalue weighted by molar-refractivity contribution is 7.89. The van der Waals surface area contributed by atoms with Crippen LogP contribution in [0.3, 0.4) is 0 Å². The molecule has 2 heterocycles. The first-order valence-corrected chi connectivity index (χ1v) is 10.7. The van der Waals surface area contributed by atoms with Crippen LogP contribution in [0.5, 0.6) is 0 Å². The van der Waals surface area contributed by atoms with E-state index >= 15 is 0 Å². The summed E-state index contributed by atoms with van der Waals surface area (Å²) in [5.41, 5.74) is 0.858. The second-order valence-corrected chi connectivity index (χ2v) is 8.79. The highest BCUT2D eigenvalue weighted by atomic mass is 32.2. The van der Waals surface area contributed by atoms with Crippen LogP contribution in [-0.4, -0.2) is 53.4 Å². The van der Waals surface area contributed by atoms with E-state index in [0.29, 0.717) is 37.4 Å². The first-order valence-electron chi connectivity index (χ1n) is 9.24. The Morgan fingerprint density at radius 1 is 1.19 bits per heavy atom. The standard InChI is InChI=1S/C19H26N4O3S/c1-3-22-12-11-17(20-22)15-21(2)19(24)16-9-13-23(14-10-16)27(25,26)18-7-5-4-6-8-18/h4-8,11-12,16H,3,9-10,13-15H2,1-2H3. The fourth-order valence-electron chi connectivity index (χ4n) is 3.38. The van der Waals surface area contributed by atoms with Gasteiger partial charge in [-0.25, -0.2) is 8.42 Å². The number of aromatic nitrogens is 2. The van der Waals surface area contributed by atoms with Crippen LogP contribution in [0.15, 0.2) is 47.5 Å². The number of amides is 1. The molecular formula is C19H26N4O3S. The van der Waals surface area contributed by atoms with Gasteiger partial charge in [0.15, 0.2) is 0 Å². The van der Waals surface area contributed by atoms with Crippen LogP contribution >= 0.6 is 0 Å². The average Bonchev–Trinajstić information content (AvgIpc) is 3.15. The highest BCUT2D eigenvalue weighted by Crippen LogP contribution is 2.25. The number of carbonyl (C=O) groups excluding carboxylic acids is 1. The number of benzene rings is 1. The van der Waals surface area contributed by atoms with Crippen LogP contribution in [-0.2, 0) is 27.9 Å². The van der Waals surface area contributed by atoms with E-state index in [9.17, 15) is 13.2 Å². The molecular weight excluding hydrogens is 364 g/mol. The molecule has 1 aliphatic heterocycles. The Morgan fingerprint density at radius 3 is 2.44 bits per heavy atom. The SMILES string of the molecule is CCn1ccc(CN(C)C(=O)C2CCN(S(=O)(=O)c3ccccc3)CC2)n1. The van der Waals surface area contributed by atoms with E-state index in [1.807, 2.05) is 23.9 Å². The molecule has 0 radical (unpaired) electrons. The van der Waals surface area contributed by atoms with E-state index in [4.69, 9.17) is 0 Å². The van der Waals surface area contributed by atoms with Crippen LogP contribution in [0.4, 0.5) is 0 Å². The van der Waals surface area contributed by atoms with Crippen LogP contribution in [0.2, 0.25) is 0 Å². The number of hydrogen-bond acceptors (Lipinski definition) is 4. The molecule has 1 saturated heterocycles. The molecule has 1 amide bonds. The number of aryl methyl sites for hydroxylation is 1. The van der Waals surface area contributed by atoms with Gasteiger partial charge in [0.2, 0.25) is 15.9 Å². The van der Waals surface area contributed by atoms with Crippen LogP contribution in [0.1, 0.15) is 25.5 Å². The first-order chi connectivity index (χ1) is 12.9. The number of nitrogens with zero attached hydrogens (tertiary/aromatic N) is 4. The number of piperidine rings is 1. The van der Waals surface area contributed by atoms with Gasteiger partial charge in [0, 0.05) is 38.8 Å². The van der Waals surface area contributed by atoms with E-state index in [1.165, 1.54) is 4.31 Å². The predicted molar refractivity (Wildman–Crippen MR) is 102 cm³/mol. The molecule has 0 atom stereocenters.